The van der Waals surface area contributed by atoms with Crippen LogP contribution in [0.5, 0.6) is 0 Å². The molecule has 4 aliphatic heterocycles. The molecule has 0 aromatic rings. The van der Waals surface area contributed by atoms with Crippen molar-refractivity contribution in [2.45, 2.75) is 45.2 Å². The summed E-state index contributed by atoms with van der Waals surface area (Å²) < 4.78 is 0. The van der Waals surface area contributed by atoms with Crippen molar-refractivity contribution >= 4 is 11.8 Å². The standard InChI is InChI=1S/C15H25N3O2/c1-10(2)14-15(20)18(8-5-13(19)16-14)12-9-17-6-3-11(12)4-7-17/h10-12,14H,3-9H2,1-2H3,(H,16,19). The summed E-state index contributed by atoms with van der Waals surface area (Å²) in [6, 6.07) is -0.0283. The maximum atomic E-state index is 12.8. The fourth-order valence-corrected chi connectivity index (χ4v) is 3.89. The van der Waals surface area contributed by atoms with Crippen molar-refractivity contribution in [1.82, 2.24) is 15.1 Å². The fraction of sp³-hybridized carbons (Fsp3) is 0.867. The number of carbonyl (C=O) groups excluding carboxylic acids is 2. The molecule has 0 spiro atoms. The predicted molar refractivity (Wildman–Crippen MR) is 76.1 cm³/mol. The molecule has 5 nitrogen and oxygen atoms in total. The molecule has 2 atom stereocenters. The van der Waals surface area contributed by atoms with E-state index in [2.05, 4.69) is 10.2 Å². The third-order valence-electron chi connectivity index (χ3n) is 5.13. The molecule has 4 aliphatic rings. The molecule has 2 bridgehead atoms. The largest absolute Gasteiger partial charge is 0.344 e. The first-order valence-corrected chi connectivity index (χ1v) is 7.88. The molecule has 0 aliphatic carbocycles. The molecule has 0 saturated carbocycles. The van der Waals surface area contributed by atoms with E-state index >= 15 is 0 Å². The lowest BCUT2D eigenvalue weighted by Gasteiger charge is -2.49. The lowest BCUT2D eigenvalue weighted by Crippen LogP contribution is -2.61. The molecule has 4 rings (SSSR count). The Kier molecular flexibility index (Phi) is 3.71. The molecular formula is C15H25N3O2. The Balaban J connectivity index is 1.80. The highest BCUT2D eigenvalue weighted by Gasteiger charge is 2.42. The Morgan fingerprint density at radius 1 is 1.15 bits per heavy atom. The zero-order valence-corrected chi connectivity index (χ0v) is 12.5. The van der Waals surface area contributed by atoms with Crippen LogP contribution in [-0.2, 0) is 9.59 Å². The van der Waals surface area contributed by atoms with E-state index in [4.69, 9.17) is 0 Å². The number of fused-ring (bicyclic) bond motifs is 3. The van der Waals surface area contributed by atoms with E-state index in [0.29, 0.717) is 24.9 Å². The molecule has 1 N–H and O–H groups in total. The van der Waals surface area contributed by atoms with Crippen LogP contribution in [0.2, 0.25) is 0 Å². The van der Waals surface area contributed by atoms with Crippen LogP contribution in [0.4, 0.5) is 0 Å². The van der Waals surface area contributed by atoms with E-state index in [-0.39, 0.29) is 23.8 Å². The summed E-state index contributed by atoms with van der Waals surface area (Å²) in [5.41, 5.74) is 0. The molecule has 0 aromatic heterocycles. The minimum Gasteiger partial charge on any atom is -0.344 e. The molecule has 5 heteroatoms. The molecule has 112 valence electrons. The third-order valence-corrected chi connectivity index (χ3v) is 5.13. The molecule has 4 heterocycles. The SMILES string of the molecule is CC(C)C1NC(=O)CCN(C2CN3CCC2CC3)C1=O. The molecule has 20 heavy (non-hydrogen) atoms. The number of nitrogens with zero attached hydrogens (tertiary/aromatic N) is 2. The minimum atomic E-state index is -0.347. The second kappa shape index (κ2) is 5.35. The predicted octanol–water partition coefficient (Wildman–Crippen LogP) is 0.454. The first-order chi connectivity index (χ1) is 9.56. The van der Waals surface area contributed by atoms with Gasteiger partial charge in [-0.3, -0.25) is 9.59 Å². The number of piperidine rings is 3. The van der Waals surface area contributed by atoms with Gasteiger partial charge in [0.05, 0.1) is 0 Å². The van der Waals surface area contributed by atoms with Gasteiger partial charge in [-0.25, -0.2) is 0 Å². The summed E-state index contributed by atoms with van der Waals surface area (Å²) >= 11 is 0. The third kappa shape index (κ3) is 2.43. The van der Waals surface area contributed by atoms with Gasteiger partial charge in [0.2, 0.25) is 11.8 Å². The van der Waals surface area contributed by atoms with Gasteiger partial charge < -0.3 is 15.1 Å². The molecule has 4 saturated heterocycles. The van der Waals surface area contributed by atoms with Gasteiger partial charge in [0.25, 0.3) is 0 Å². The topological polar surface area (TPSA) is 52.7 Å². The summed E-state index contributed by atoms with van der Waals surface area (Å²) in [6.07, 6.45) is 2.84. The Morgan fingerprint density at radius 3 is 2.40 bits per heavy atom. The Bertz CT molecular complexity index is 402. The molecule has 0 aromatic carbocycles. The molecule has 0 radical (unpaired) electrons. The zero-order valence-electron chi connectivity index (χ0n) is 12.5. The van der Waals surface area contributed by atoms with Gasteiger partial charge >= 0.3 is 0 Å². The van der Waals surface area contributed by atoms with Crippen molar-refractivity contribution in [3.05, 3.63) is 0 Å². The van der Waals surface area contributed by atoms with Gasteiger partial charge in [-0.1, -0.05) is 13.8 Å². The Hall–Kier alpha value is -1.10. The first-order valence-electron chi connectivity index (χ1n) is 7.88. The van der Waals surface area contributed by atoms with Crippen molar-refractivity contribution in [2.24, 2.45) is 11.8 Å². The first kappa shape index (κ1) is 13.9. The number of hydrogen-bond acceptors (Lipinski definition) is 3. The van der Waals surface area contributed by atoms with Gasteiger partial charge in [-0.15, -0.1) is 0 Å². The normalized spacial score (nSPS) is 38.0. The number of nitrogens with one attached hydrogen (secondary N) is 1. The molecule has 2 unspecified atom stereocenters. The summed E-state index contributed by atoms with van der Waals surface area (Å²) in [4.78, 5) is 29.1. The van der Waals surface area contributed by atoms with E-state index in [1.54, 1.807) is 0 Å². The second-order valence-electron chi connectivity index (χ2n) is 6.78. The summed E-state index contributed by atoms with van der Waals surface area (Å²) in [6.45, 7) is 7.94. The van der Waals surface area contributed by atoms with Crippen molar-refractivity contribution in [3.8, 4) is 0 Å². The lowest BCUT2D eigenvalue weighted by atomic mass is 9.82. The van der Waals surface area contributed by atoms with Crippen LogP contribution >= 0.6 is 0 Å². The van der Waals surface area contributed by atoms with Crippen LogP contribution in [0.15, 0.2) is 0 Å². The van der Waals surface area contributed by atoms with E-state index in [1.807, 2.05) is 18.7 Å². The van der Waals surface area contributed by atoms with E-state index in [9.17, 15) is 9.59 Å². The quantitative estimate of drug-likeness (QED) is 0.799. The lowest BCUT2D eigenvalue weighted by molar-refractivity contribution is -0.140. The molecule has 2 amide bonds. The van der Waals surface area contributed by atoms with E-state index in [0.717, 1.165) is 6.54 Å². The van der Waals surface area contributed by atoms with Crippen molar-refractivity contribution in [3.63, 3.8) is 0 Å². The smallest absolute Gasteiger partial charge is 0.245 e. The number of hydrogen-bond donors (Lipinski definition) is 1. The number of carbonyl (C=O) groups is 2. The van der Waals surface area contributed by atoms with Gasteiger partial charge in [0.1, 0.15) is 6.04 Å². The van der Waals surface area contributed by atoms with Gasteiger partial charge in [-0.2, -0.15) is 0 Å². The van der Waals surface area contributed by atoms with Crippen molar-refractivity contribution in [2.75, 3.05) is 26.2 Å². The van der Waals surface area contributed by atoms with Crippen LogP contribution in [0.25, 0.3) is 0 Å². The zero-order chi connectivity index (χ0) is 14.3. The monoisotopic (exact) mass is 279 g/mol. The summed E-state index contributed by atoms with van der Waals surface area (Å²) in [5, 5.41) is 2.90. The van der Waals surface area contributed by atoms with Crippen LogP contribution < -0.4 is 5.32 Å². The van der Waals surface area contributed by atoms with Crippen LogP contribution in [-0.4, -0.2) is 59.9 Å². The highest BCUT2D eigenvalue weighted by Crippen LogP contribution is 2.32. The van der Waals surface area contributed by atoms with Gasteiger partial charge in [0, 0.05) is 25.6 Å². The van der Waals surface area contributed by atoms with Crippen molar-refractivity contribution in [1.29, 1.82) is 0 Å². The maximum Gasteiger partial charge on any atom is 0.245 e. The van der Waals surface area contributed by atoms with Crippen LogP contribution in [0.1, 0.15) is 33.1 Å². The Morgan fingerprint density at radius 2 is 1.85 bits per heavy atom. The van der Waals surface area contributed by atoms with Gasteiger partial charge in [0.15, 0.2) is 0 Å². The summed E-state index contributed by atoms with van der Waals surface area (Å²) in [5.74, 6) is 0.920. The van der Waals surface area contributed by atoms with Gasteiger partial charge in [-0.05, 0) is 37.8 Å². The number of rotatable bonds is 2. The van der Waals surface area contributed by atoms with E-state index in [1.165, 1.54) is 25.9 Å². The fourth-order valence-electron chi connectivity index (χ4n) is 3.89. The minimum absolute atomic E-state index is 0.0147. The second-order valence-corrected chi connectivity index (χ2v) is 6.78. The maximum absolute atomic E-state index is 12.8. The molecular weight excluding hydrogens is 254 g/mol. The van der Waals surface area contributed by atoms with Crippen molar-refractivity contribution < 1.29 is 9.59 Å². The van der Waals surface area contributed by atoms with Crippen LogP contribution in [0.3, 0.4) is 0 Å². The Labute approximate surface area is 120 Å². The van der Waals surface area contributed by atoms with Crippen LogP contribution in [0, 0.1) is 11.8 Å². The van der Waals surface area contributed by atoms with E-state index < -0.39 is 0 Å². The molecule has 4 fully saturated rings. The highest BCUT2D eigenvalue weighted by molar-refractivity contribution is 5.90. The average Bonchev–Trinajstić information content (AvgIpc) is 2.60. The summed E-state index contributed by atoms with van der Waals surface area (Å²) in [7, 11) is 0. The number of amides is 2. The highest BCUT2D eigenvalue weighted by atomic mass is 16.2. The average molecular weight is 279 g/mol.